The normalized spacial score (nSPS) is 14.6. The maximum atomic E-state index is 13.8. The molecule has 172 valence electrons. The number of nitrogens with zero attached hydrogens (tertiary/aromatic N) is 3. The number of hydrogen-bond donors (Lipinski definition) is 1. The van der Waals surface area contributed by atoms with Crippen LogP contribution >= 0.6 is 35.0 Å². The molecule has 0 unspecified atom stereocenters. The van der Waals surface area contributed by atoms with Crippen molar-refractivity contribution in [3.8, 4) is 11.6 Å². The predicted molar refractivity (Wildman–Crippen MR) is 126 cm³/mol. The lowest BCUT2D eigenvalue weighted by Crippen LogP contribution is -2.36. The van der Waals surface area contributed by atoms with Crippen LogP contribution in [0.4, 0.5) is 14.9 Å². The van der Waals surface area contributed by atoms with Crippen LogP contribution in [-0.4, -0.2) is 38.5 Å². The molecule has 0 aliphatic carbocycles. The topological polar surface area (TPSA) is 101 Å². The van der Waals surface area contributed by atoms with E-state index in [2.05, 4.69) is 15.3 Å². The summed E-state index contributed by atoms with van der Waals surface area (Å²) in [6, 6.07) is 12.8. The average molecular weight is 519 g/mol. The molecule has 4 rings (SSSR count). The lowest BCUT2D eigenvalue weighted by atomic mass is 10.2. The van der Waals surface area contributed by atoms with Crippen molar-refractivity contribution in [1.29, 1.82) is 0 Å². The van der Waals surface area contributed by atoms with E-state index in [1.807, 2.05) is 0 Å². The Morgan fingerprint density at radius 3 is 2.71 bits per heavy atom. The Bertz CT molecular complexity index is 1320. The number of benzene rings is 2. The van der Waals surface area contributed by atoms with Crippen molar-refractivity contribution >= 4 is 63.8 Å². The summed E-state index contributed by atoms with van der Waals surface area (Å²) in [6.07, 6.45) is 2.35. The Hall–Kier alpha value is -3.47. The Morgan fingerprint density at radius 1 is 1.18 bits per heavy atom. The van der Waals surface area contributed by atoms with E-state index < -0.39 is 29.4 Å². The third kappa shape index (κ3) is 5.71. The van der Waals surface area contributed by atoms with E-state index in [1.54, 1.807) is 42.5 Å². The molecule has 12 heteroatoms. The zero-order valence-corrected chi connectivity index (χ0v) is 19.3. The van der Waals surface area contributed by atoms with Gasteiger partial charge in [-0.15, -0.1) is 0 Å². The summed E-state index contributed by atoms with van der Waals surface area (Å²) in [5, 5.41) is 2.35. The zero-order valence-electron chi connectivity index (χ0n) is 17.0. The number of hydrogen-bond acceptors (Lipinski definition) is 7. The van der Waals surface area contributed by atoms with Crippen LogP contribution in [0.15, 0.2) is 59.6 Å². The van der Waals surface area contributed by atoms with Gasteiger partial charge in [-0.05, 0) is 71.4 Å². The molecule has 1 aliphatic heterocycles. The Morgan fingerprint density at radius 2 is 1.94 bits per heavy atom. The van der Waals surface area contributed by atoms with Gasteiger partial charge in [0.1, 0.15) is 12.3 Å². The number of aromatic nitrogens is 2. The van der Waals surface area contributed by atoms with Gasteiger partial charge in [0.15, 0.2) is 0 Å². The quantitative estimate of drug-likeness (QED) is 0.344. The van der Waals surface area contributed by atoms with Crippen LogP contribution in [0.2, 0.25) is 10.3 Å². The molecule has 1 saturated heterocycles. The summed E-state index contributed by atoms with van der Waals surface area (Å²) >= 11 is 12.2. The third-order valence-electron chi connectivity index (χ3n) is 4.36. The van der Waals surface area contributed by atoms with Crippen molar-refractivity contribution in [3.63, 3.8) is 0 Å². The molecule has 2 aromatic carbocycles. The highest BCUT2D eigenvalue weighted by atomic mass is 35.5. The summed E-state index contributed by atoms with van der Waals surface area (Å²) in [5.74, 6) is -2.08. The number of carbonyl (C=O) groups excluding carboxylic acids is 3. The number of thioether (sulfide) groups is 1. The highest BCUT2D eigenvalue weighted by molar-refractivity contribution is 8.18. The maximum Gasteiger partial charge on any atom is 0.294 e. The monoisotopic (exact) mass is 518 g/mol. The molecule has 0 saturated carbocycles. The summed E-state index contributed by atoms with van der Waals surface area (Å²) < 4.78 is 19.2. The van der Waals surface area contributed by atoms with Gasteiger partial charge in [0, 0.05) is 10.7 Å². The summed E-state index contributed by atoms with van der Waals surface area (Å²) in [7, 11) is 0. The van der Waals surface area contributed by atoms with Crippen LogP contribution in [-0.2, 0) is 9.59 Å². The van der Waals surface area contributed by atoms with Crippen molar-refractivity contribution in [2.45, 2.75) is 0 Å². The standard InChI is InChI=1S/C22H13Cl2FN4O4S/c23-13-4-6-14(7-5-13)27-18(30)11-29-20(31)17(34-22(29)32)9-12-2-1-3-15(8-12)33-19-16(25)10-26-21(24)28-19/h1-10H,11H2,(H,27,30)/b17-9+. The fourth-order valence-electron chi connectivity index (χ4n) is 2.85. The molecule has 34 heavy (non-hydrogen) atoms. The van der Waals surface area contributed by atoms with Crippen LogP contribution < -0.4 is 10.1 Å². The molecule has 3 aromatic rings. The number of imide groups is 1. The van der Waals surface area contributed by atoms with Gasteiger partial charge in [0.25, 0.3) is 17.0 Å². The Balaban J connectivity index is 1.45. The second kappa shape index (κ2) is 10.2. The fraction of sp³-hybridized carbons (Fsp3) is 0.0455. The van der Waals surface area contributed by atoms with E-state index in [1.165, 1.54) is 12.1 Å². The highest BCUT2D eigenvalue weighted by Gasteiger charge is 2.36. The van der Waals surface area contributed by atoms with E-state index in [4.69, 9.17) is 27.9 Å². The first kappa shape index (κ1) is 23.7. The number of rotatable bonds is 6. The second-order valence-corrected chi connectivity index (χ2v) is 8.56. The van der Waals surface area contributed by atoms with Crippen LogP contribution in [0.5, 0.6) is 11.6 Å². The summed E-state index contributed by atoms with van der Waals surface area (Å²) in [4.78, 5) is 45.5. The Kier molecular flexibility index (Phi) is 7.11. The van der Waals surface area contributed by atoms with Crippen molar-refractivity contribution in [2.24, 2.45) is 0 Å². The van der Waals surface area contributed by atoms with Crippen molar-refractivity contribution < 1.29 is 23.5 Å². The number of anilines is 1. The van der Waals surface area contributed by atoms with Crippen molar-refractivity contribution in [1.82, 2.24) is 14.9 Å². The zero-order chi connectivity index (χ0) is 24.2. The average Bonchev–Trinajstić information content (AvgIpc) is 3.05. The number of carbonyl (C=O) groups is 3. The summed E-state index contributed by atoms with van der Waals surface area (Å²) in [5.41, 5.74) is 0.990. The molecule has 0 spiro atoms. The molecule has 0 radical (unpaired) electrons. The highest BCUT2D eigenvalue weighted by Crippen LogP contribution is 2.33. The van der Waals surface area contributed by atoms with E-state index in [0.717, 1.165) is 11.1 Å². The van der Waals surface area contributed by atoms with Gasteiger partial charge in [-0.1, -0.05) is 23.7 Å². The van der Waals surface area contributed by atoms with Gasteiger partial charge < -0.3 is 10.1 Å². The van der Waals surface area contributed by atoms with Crippen molar-refractivity contribution in [2.75, 3.05) is 11.9 Å². The third-order valence-corrected chi connectivity index (χ3v) is 5.70. The van der Waals surface area contributed by atoms with E-state index in [-0.39, 0.29) is 21.8 Å². The van der Waals surface area contributed by atoms with Gasteiger partial charge in [-0.3, -0.25) is 19.3 Å². The van der Waals surface area contributed by atoms with Crippen LogP contribution in [0, 0.1) is 5.82 Å². The first-order valence-corrected chi connectivity index (χ1v) is 11.1. The van der Waals surface area contributed by atoms with E-state index >= 15 is 0 Å². The first-order valence-electron chi connectivity index (χ1n) is 9.55. The number of nitrogens with one attached hydrogen (secondary N) is 1. The van der Waals surface area contributed by atoms with Gasteiger partial charge in [-0.25, -0.2) is 4.98 Å². The molecule has 0 atom stereocenters. The largest absolute Gasteiger partial charge is 0.436 e. The molecular formula is C22H13Cl2FN4O4S. The van der Waals surface area contributed by atoms with Gasteiger partial charge >= 0.3 is 0 Å². The van der Waals surface area contributed by atoms with E-state index in [0.29, 0.717) is 28.0 Å². The SMILES string of the molecule is O=C(CN1C(=O)S/C(=C/c2cccc(Oc3nc(Cl)ncc3F)c2)C1=O)Nc1ccc(Cl)cc1. The van der Waals surface area contributed by atoms with Gasteiger partial charge in [-0.2, -0.15) is 9.37 Å². The number of halogens is 3. The molecule has 1 fully saturated rings. The summed E-state index contributed by atoms with van der Waals surface area (Å²) in [6.45, 7) is -0.443. The lowest BCUT2D eigenvalue weighted by Gasteiger charge is -2.12. The van der Waals surface area contributed by atoms with Crippen LogP contribution in [0.3, 0.4) is 0 Å². The first-order chi connectivity index (χ1) is 16.3. The fourth-order valence-corrected chi connectivity index (χ4v) is 3.94. The lowest BCUT2D eigenvalue weighted by molar-refractivity contribution is -0.127. The maximum absolute atomic E-state index is 13.8. The Labute approximate surface area is 206 Å². The molecule has 1 N–H and O–H groups in total. The van der Waals surface area contributed by atoms with Gasteiger partial charge in [0.2, 0.25) is 17.0 Å². The molecule has 1 aromatic heterocycles. The number of ether oxygens (including phenoxy) is 1. The molecule has 1 aliphatic rings. The smallest absolute Gasteiger partial charge is 0.294 e. The van der Waals surface area contributed by atoms with Crippen molar-refractivity contribution in [3.05, 3.63) is 81.3 Å². The van der Waals surface area contributed by atoms with Gasteiger partial charge in [0.05, 0.1) is 11.1 Å². The minimum Gasteiger partial charge on any atom is -0.436 e. The van der Waals surface area contributed by atoms with Crippen LogP contribution in [0.1, 0.15) is 5.56 Å². The van der Waals surface area contributed by atoms with E-state index in [9.17, 15) is 18.8 Å². The predicted octanol–water partition coefficient (Wildman–Crippen LogP) is 5.39. The molecule has 2 heterocycles. The molecule has 8 nitrogen and oxygen atoms in total. The molecule has 0 bridgehead atoms. The molecular weight excluding hydrogens is 506 g/mol. The minimum atomic E-state index is -0.798. The molecule has 3 amide bonds. The second-order valence-electron chi connectivity index (χ2n) is 6.79. The van der Waals surface area contributed by atoms with Crippen LogP contribution in [0.25, 0.3) is 6.08 Å². The number of amides is 3. The minimum absolute atomic E-state index is 0.123.